The molecular formula is C11H16N4. The second-order valence-electron chi connectivity index (χ2n) is 4.06. The zero-order chi connectivity index (χ0) is 10.7. The van der Waals surface area contributed by atoms with Gasteiger partial charge >= 0.3 is 0 Å². The van der Waals surface area contributed by atoms with Crippen molar-refractivity contribution in [1.29, 1.82) is 0 Å². The predicted octanol–water partition coefficient (Wildman–Crippen LogP) is 1.47. The maximum atomic E-state index is 4.23. The van der Waals surface area contributed by atoms with Gasteiger partial charge in [-0.1, -0.05) is 13.8 Å². The average molecular weight is 204 g/mol. The zero-order valence-electron chi connectivity index (χ0n) is 9.14. The van der Waals surface area contributed by atoms with E-state index in [9.17, 15) is 0 Å². The summed E-state index contributed by atoms with van der Waals surface area (Å²) in [5.74, 6) is 1.43. The van der Waals surface area contributed by atoms with E-state index < -0.39 is 0 Å². The second-order valence-corrected chi connectivity index (χ2v) is 4.06. The fourth-order valence-electron chi connectivity index (χ4n) is 1.50. The highest BCUT2D eigenvalue weighted by Crippen LogP contribution is 2.03. The summed E-state index contributed by atoms with van der Waals surface area (Å²) in [5.41, 5.74) is 1.15. The van der Waals surface area contributed by atoms with Crippen LogP contribution in [0.3, 0.4) is 0 Å². The van der Waals surface area contributed by atoms with Gasteiger partial charge in [-0.05, 0) is 18.5 Å². The van der Waals surface area contributed by atoms with Gasteiger partial charge < -0.3 is 5.32 Å². The van der Waals surface area contributed by atoms with Crippen LogP contribution in [0.5, 0.6) is 0 Å². The molecular weight excluding hydrogens is 188 g/mol. The quantitative estimate of drug-likeness (QED) is 0.820. The molecule has 0 fully saturated rings. The van der Waals surface area contributed by atoms with Crippen LogP contribution in [0.4, 0.5) is 0 Å². The van der Waals surface area contributed by atoms with Crippen molar-refractivity contribution in [1.82, 2.24) is 19.7 Å². The lowest BCUT2D eigenvalue weighted by Gasteiger charge is -2.06. The maximum Gasteiger partial charge on any atom is 0.233 e. The van der Waals surface area contributed by atoms with E-state index in [1.807, 2.05) is 22.9 Å². The highest BCUT2D eigenvalue weighted by molar-refractivity contribution is 5.30. The summed E-state index contributed by atoms with van der Waals surface area (Å²) >= 11 is 0. The number of nitrogens with one attached hydrogen (secondary N) is 1. The first-order valence-electron chi connectivity index (χ1n) is 5.25. The molecule has 0 unspecified atom stereocenters. The maximum absolute atomic E-state index is 4.23. The van der Waals surface area contributed by atoms with Gasteiger partial charge in [0.25, 0.3) is 0 Å². The van der Waals surface area contributed by atoms with E-state index in [0.717, 1.165) is 24.6 Å². The molecule has 0 aromatic carbocycles. The first-order valence-corrected chi connectivity index (χ1v) is 5.25. The Morgan fingerprint density at radius 3 is 3.07 bits per heavy atom. The van der Waals surface area contributed by atoms with Gasteiger partial charge in [0.1, 0.15) is 0 Å². The third-order valence-corrected chi connectivity index (χ3v) is 2.22. The number of rotatable bonds is 4. The Labute approximate surface area is 89.4 Å². The lowest BCUT2D eigenvalue weighted by atomic mass is 10.2. The average Bonchev–Trinajstić information content (AvgIpc) is 2.62. The topological polar surface area (TPSA) is 42.2 Å². The van der Waals surface area contributed by atoms with Gasteiger partial charge in [-0.2, -0.15) is 0 Å². The van der Waals surface area contributed by atoms with Gasteiger partial charge in [-0.15, -0.1) is 0 Å². The van der Waals surface area contributed by atoms with E-state index in [1.54, 1.807) is 6.20 Å². The molecule has 0 bridgehead atoms. The lowest BCUT2D eigenvalue weighted by Crippen LogP contribution is -2.19. The molecule has 4 nitrogen and oxygen atoms in total. The molecule has 0 saturated heterocycles. The monoisotopic (exact) mass is 204 g/mol. The van der Waals surface area contributed by atoms with Crippen LogP contribution in [0.25, 0.3) is 5.78 Å². The Bertz CT molecular complexity index is 433. The lowest BCUT2D eigenvalue weighted by molar-refractivity contribution is 0.547. The van der Waals surface area contributed by atoms with Crippen molar-refractivity contribution in [2.45, 2.75) is 20.4 Å². The minimum absolute atomic E-state index is 0.669. The smallest absolute Gasteiger partial charge is 0.233 e. The molecule has 0 saturated carbocycles. The van der Waals surface area contributed by atoms with Gasteiger partial charge in [0.15, 0.2) is 0 Å². The van der Waals surface area contributed by atoms with Crippen LogP contribution in [-0.4, -0.2) is 20.9 Å². The van der Waals surface area contributed by atoms with Crippen molar-refractivity contribution < 1.29 is 0 Å². The van der Waals surface area contributed by atoms with Crippen molar-refractivity contribution in [2.75, 3.05) is 6.54 Å². The molecule has 15 heavy (non-hydrogen) atoms. The summed E-state index contributed by atoms with van der Waals surface area (Å²) < 4.78 is 2.01. The SMILES string of the molecule is CC(C)CNCc1cnc2ncccn12. The molecule has 0 aliphatic rings. The molecule has 0 spiro atoms. The van der Waals surface area contributed by atoms with E-state index in [1.165, 1.54) is 0 Å². The molecule has 80 valence electrons. The summed E-state index contributed by atoms with van der Waals surface area (Å²) in [6.45, 7) is 6.25. The fraction of sp³-hybridized carbons (Fsp3) is 0.455. The Balaban J connectivity index is 2.08. The Hall–Kier alpha value is -1.42. The van der Waals surface area contributed by atoms with E-state index in [4.69, 9.17) is 0 Å². The second kappa shape index (κ2) is 4.40. The number of aromatic nitrogens is 3. The van der Waals surface area contributed by atoms with Crippen LogP contribution in [0.2, 0.25) is 0 Å². The van der Waals surface area contributed by atoms with Gasteiger partial charge in [0.2, 0.25) is 5.78 Å². The Kier molecular flexibility index (Phi) is 2.97. The summed E-state index contributed by atoms with van der Waals surface area (Å²) in [4.78, 5) is 8.40. The molecule has 0 aliphatic heterocycles. The molecule has 0 aliphatic carbocycles. The Morgan fingerprint density at radius 2 is 2.27 bits per heavy atom. The molecule has 2 heterocycles. The van der Waals surface area contributed by atoms with Crippen molar-refractivity contribution in [3.63, 3.8) is 0 Å². The number of fused-ring (bicyclic) bond motifs is 1. The van der Waals surface area contributed by atoms with Crippen molar-refractivity contribution in [3.8, 4) is 0 Å². The van der Waals surface area contributed by atoms with Gasteiger partial charge in [0, 0.05) is 18.9 Å². The number of nitrogens with zero attached hydrogens (tertiary/aromatic N) is 3. The third kappa shape index (κ3) is 2.33. The standard InChI is InChI=1S/C11H16N4/c1-9(2)6-12-7-10-8-14-11-13-4-3-5-15(10)11/h3-5,8-9,12H,6-7H2,1-2H3. The minimum atomic E-state index is 0.669. The van der Waals surface area contributed by atoms with E-state index in [-0.39, 0.29) is 0 Å². The molecule has 4 heteroatoms. The number of hydrogen-bond donors (Lipinski definition) is 1. The first kappa shape index (κ1) is 10.1. The van der Waals surface area contributed by atoms with Gasteiger partial charge in [-0.25, -0.2) is 9.97 Å². The normalized spacial score (nSPS) is 11.4. The Morgan fingerprint density at radius 1 is 1.40 bits per heavy atom. The number of imidazole rings is 1. The summed E-state index contributed by atoms with van der Waals surface area (Å²) in [6, 6.07) is 1.92. The van der Waals surface area contributed by atoms with Crippen molar-refractivity contribution in [2.24, 2.45) is 5.92 Å². The van der Waals surface area contributed by atoms with Crippen LogP contribution in [0, 0.1) is 5.92 Å². The molecule has 0 atom stereocenters. The first-order chi connectivity index (χ1) is 7.27. The van der Waals surface area contributed by atoms with E-state index in [2.05, 4.69) is 29.1 Å². The molecule has 2 rings (SSSR count). The summed E-state index contributed by atoms with van der Waals surface area (Å²) in [6.07, 6.45) is 5.62. The van der Waals surface area contributed by atoms with Crippen molar-refractivity contribution >= 4 is 5.78 Å². The van der Waals surface area contributed by atoms with Crippen LogP contribution in [0.1, 0.15) is 19.5 Å². The minimum Gasteiger partial charge on any atom is -0.311 e. The van der Waals surface area contributed by atoms with Crippen molar-refractivity contribution in [3.05, 3.63) is 30.4 Å². The van der Waals surface area contributed by atoms with E-state index in [0.29, 0.717) is 5.92 Å². The highest BCUT2D eigenvalue weighted by atomic mass is 15.1. The molecule has 2 aromatic rings. The van der Waals surface area contributed by atoms with Crippen LogP contribution in [-0.2, 0) is 6.54 Å². The molecule has 0 amide bonds. The largest absolute Gasteiger partial charge is 0.311 e. The molecule has 2 aromatic heterocycles. The molecule has 0 radical (unpaired) electrons. The van der Waals surface area contributed by atoms with E-state index >= 15 is 0 Å². The molecule has 1 N–H and O–H groups in total. The van der Waals surface area contributed by atoms with Crippen LogP contribution < -0.4 is 5.32 Å². The summed E-state index contributed by atoms with van der Waals surface area (Å²) in [7, 11) is 0. The van der Waals surface area contributed by atoms with Gasteiger partial charge in [-0.3, -0.25) is 4.40 Å². The van der Waals surface area contributed by atoms with Gasteiger partial charge in [0.05, 0.1) is 11.9 Å². The van der Waals surface area contributed by atoms with Crippen LogP contribution >= 0.6 is 0 Å². The summed E-state index contributed by atoms with van der Waals surface area (Å²) in [5, 5.41) is 3.39. The fourth-order valence-corrected chi connectivity index (χ4v) is 1.50. The van der Waals surface area contributed by atoms with Crippen LogP contribution in [0.15, 0.2) is 24.7 Å². The zero-order valence-corrected chi connectivity index (χ0v) is 9.14. The highest BCUT2D eigenvalue weighted by Gasteiger charge is 2.02. The third-order valence-electron chi connectivity index (χ3n) is 2.22. The number of hydrogen-bond acceptors (Lipinski definition) is 3. The predicted molar refractivity (Wildman–Crippen MR) is 59.5 cm³/mol.